The maximum atomic E-state index is 13.8. The lowest BCUT2D eigenvalue weighted by atomic mass is 9.83. The molecule has 0 spiro atoms. The molecule has 2 aliphatic heterocycles. The summed E-state index contributed by atoms with van der Waals surface area (Å²) >= 11 is 0. The van der Waals surface area contributed by atoms with Crippen LogP contribution >= 0.6 is 0 Å². The van der Waals surface area contributed by atoms with Gasteiger partial charge in [0.25, 0.3) is 5.56 Å². The Morgan fingerprint density at radius 3 is 2.45 bits per heavy atom. The number of aryl methyl sites for hydroxylation is 1. The van der Waals surface area contributed by atoms with Crippen LogP contribution in [-0.2, 0) is 11.3 Å². The van der Waals surface area contributed by atoms with Crippen LogP contribution in [0.3, 0.4) is 0 Å². The van der Waals surface area contributed by atoms with Crippen molar-refractivity contribution < 1.29 is 23.7 Å². The first-order valence-electron chi connectivity index (χ1n) is 10.7. The molecule has 1 saturated heterocycles. The Balaban J connectivity index is 1.96. The van der Waals surface area contributed by atoms with E-state index in [-0.39, 0.29) is 23.1 Å². The van der Waals surface area contributed by atoms with Gasteiger partial charge in [-0.1, -0.05) is 0 Å². The molecule has 4 rings (SSSR count). The summed E-state index contributed by atoms with van der Waals surface area (Å²) < 4.78 is 29.6. The smallest absolute Gasteiger partial charge is 0.258 e. The number of nitriles is 1. The summed E-state index contributed by atoms with van der Waals surface area (Å²) in [5.41, 5.74) is 7.57. The number of hydrogen-bond acceptors (Lipinski definition) is 8. The van der Waals surface area contributed by atoms with Crippen molar-refractivity contribution in [2.24, 2.45) is 5.73 Å². The number of pyridine rings is 1. The van der Waals surface area contributed by atoms with Crippen LogP contribution in [0.2, 0.25) is 0 Å². The maximum absolute atomic E-state index is 13.8. The Kier molecular flexibility index (Phi) is 6.20. The van der Waals surface area contributed by atoms with E-state index in [1.54, 1.807) is 22.8 Å². The predicted molar refractivity (Wildman–Crippen MR) is 120 cm³/mol. The molecule has 33 heavy (non-hydrogen) atoms. The fourth-order valence-corrected chi connectivity index (χ4v) is 4.49. The lowest BCUT2D eigenvalue weighted by Crippen LogP contribution is -2.35. The molecule has 9 heteroatoms. The highest BCUT2D eigenvalue weighted by Crippen LogP contribution is 2.46. The van der Waals surface area contributed by atoms with Crippen molar-refractivity contribution in [2.75, 3.05) is 27.9 Å². The molecule has 2 N–H and O–H groups in total. The van der Waals surface area contributed by atoms with Crippen molar-refractivity contribution in [2.45, 2.75) is 38.3 Å². The van der Waals surface area contributed by atoms with E-state index in [4.69, 9.17) is 29.4 Å². The van der Waals surface area contributed by atoms with Crippen molar-refractivity contribution in [1.29, 1.82) is 5.26 Å². The Bertz CT molecular complexity index is 1200. The average molecular weight is 453 g/mol. The number of rotatable bonds is 6. The number of fused-ring (bicyclic) bond motifs is 1. The van der Waals surface area contributed by atoms with Crippen LogP contribution in [0, 0.1) is 18.3 Å². The highest BCUT2D eigenvalue weighted by Gasteiger charge is 2.37. The molecule has 0 bridgehead atoms. The minimum Gasteiger partial charge on any atom is -0.496 e. The van der Waals surface area contributed by atoms with E-state index in [0.29, 0.717) is 47.3 Å². The zero-order valence-electron chi connectivity index (χ0n) is 19.1. The molecule has 0 unspecified atom stereocenters. The Labute approximate surface area is 191 Å². The molecular formula is C24H27N3O6. The first-order chi connectivity index (χ1) is 15.9. The molecule has 2 atom stereocenters. The van der Waals surface area contributed by atoms with Gasteiger partial charge in [-0.25, -0.2) is 0 Å². The molecule has 2 aromatic rings. The summed E-state index contributed by atoms with van der Waals surface area (Å²) in [5, 5.41) is 9.96. The number of aromatic nitrogens is 1. The van der Waals surface area contributed by atoms with Gasteiger partial charge in [0.2, 0.25) is 5.88 Å². The lowest BCUT2D eigenvalue weighted by molar-refractivity contribution is 0.0954. The van der Waals surface area contributed by atoms with Crippen LogP contribution < -0.4 is 30.2 Å². The summed E-state index contributed by atoms with van der Waals surface area (Å²) in [7, 11) is 4.54. The summed E-state index contributed by atoms with van der Waals surface area (Å²) in [6.45, 7) is 2.95. The van der Waals surface area contributed by atoms with Gasteiger partial charge in [-0.3, -0.25) is 4.79 Å². The van der Waals surface area contributed by atoms with Gasteiger partial charge in [0.1, 0.15) is 23.1 Å². The maximum Gasteiger partial charge on any atom is 0.258 e. The molecule has 1 aromatic heterocycles. The predicted octanol–water partition coefficient (Wildman–Crippen LogP) is 2.58. The van der Waals surface area contributed by atoms with Crippen LogP contribution in [0.4, 0.5) is 0 Å². The zero-order valence-corrected chi connectivity index (χ0v) is 19.1. The van der Waals surface area contributed by atoms with Gasteiger partial charge in [-0.15, -0.1) is 0 Å². The van der Waals surface area contributed by atoms with Crippen LogP contribution in [-0.4, -0.2) is 38.6 Å². The topological polar surface area (TPSA) is 118 Å². The molecule has 1 fully saturated rings. The molecule has 2 aliphatic rings. The summed E-state index contributed by atoms with van der Waals surface area (Å²) in [5.74, 6) is 0.778. The van der Waals surface area contributed by atoms with E-state index in [1.165, 1.54) is 21.3 Å². The molecular weight excluding hydrogens is 426 g/mol. The first-order valence-corrected chi connectivity index (χ1v) is 10.7. The normalized spacial score (nSPS) is 19.5. The third-order valence-corrected chi connectivity index (χ3v) is 6.15. The minimum atomic E-state index is -0.808. The second-order valence-electron chi connectivity index (χ2n) is 7.99. The average Bonchev–Trinajstić information content (AvgIpc) is 3.33. The molecule has 0 amide bonds. The summed E-state index contributed by atoms with van der Waals surface area (Å²) in [6.07, 6.45) is 1.83. The third kappa shape index (κ3) is 3.87. The van der Waals surface area contributed by atoms with E-state index in [2.05, 4.69) is 6.07 Å². The van der Waals surface area contributed by atoms with Gasteiger partial charge >= 0.3 is 0 Å². The number of allylic oxidation sites excluding steroid dienone is 1. The van der Waals surface area contributed by atoms with Crippen molar-refractivity contribution in [3.63, 3.8) is 0 Å². The van der Waals surface area contributed by atoms with E-state index >= 15 is 0 Å². The van der Waals surface area contributed by atoms with Crippen LogP contribution in [0.1, 0.15) is 35.6 Å². The molecule has 0 radical (unpaired) electrons. The second-order valence-corrected chi connectivity index (χ2v) is 7.99. The van der Waals surface area contributed by atoms with Gasteiger partial charge < -0.3 is 34.0 Å². The second kappa shape index (κ2) is 9.08. The van der Waals surface area contributed by atoms with Crippen molar-refractivity contribution in [3.05, 3.63) is 56.8 Å². The van der Waals surface area contributed by atoms with Gasteiger partial charge in [-0.2, -0.15) is 5.26 Å². The fraction of sp³-hybridized carbons (Fsp3) is 0.417. The van der Waals surface area contributed by atoms with Crippen molar-refractivity contribution >= 4 is 0 Å². The molecule has 0 aliphatic carbocycles. The lowest BCUT2D eigenvalue weighted by Gasteiger charge is -2.29. The number of methoxy groups -OCH3 is 3. The summed E-state index contributed by atoms with van der Waals surface area (Å²) in [6, 6.07) is 7.26. The number of ether oxygens (including phenoxy) is 5. The Morgan fingerprint density at radius 1 is 1.15 bits per heavy atom. The van der Waals surface area contributed by atoms with Crippen molar-refractivity contribution in [3.8, 4) is 29.1 Å². The van der Waals surface area contributed by atoms with Crippen molar-refractivity contribution in [1.82, 2.24) is 4.57 Å². The number of benzene rings is 1. The number of nitrogens with two attached hydrogens (primary N) is 1. The Hall–Kier alpha value is -3.64. The molecule has 9 nitrogen and oxygen atoms in total. The standard InChI is InChI=1S/C24H27N3O6/c1-13-8-20-22(24(28)27(13)12-14-6-5-7-32-14)21(16(11-25)23(26)33-20)15-9-18(30-3)19(31-4)10-17(15)29-2/h8-10,14,21H,5-7,12,26H2,1-4H3/t14-,21-/m1/s1. The SMILES string of the molecule is COc1cc(OC)c([C@@H]2C(C#N)=C(N)Oc3cc(C)n(C[C@H]4CCCO4)c(=O)c32)cc1OC. The number of hydrogen-bond donors (Lipinski definition) is 1. The quantitative estimate of drug-likeness (QED) is 0.709. The first kappa shape index (κ1) is 22.6. The van der Waals surface area contributed by atoms with Crippen LogP contribution in [0.15, 0.2) is 34.4 Å². The van der Waals surface area contributed by atoms with E-state index in [1.807, 2.05) is 6.92 Å². The molecule has 174 valence electrons. The highest BCUT2D eigenvalue weighted by molar-refractivity contribution is 5.61. The van der Waals surface area contributed by atoms with Gasteiger partial charge in [-0.05, 0) is 25.8 Å². The molecule has 1 aromatic carbocycles. The monoisotopic (exact) mass is 453 g/mol. The van der Waals surface area contributed by atoms with Gasteiger partial charge in [0.05, 0.1) is 45.5 Å². The van der Waals surface area contributed by atoms with E-state index in [9.17, 15) is 10.1 Å². The third-order valence-electron chi connectivity index (χ3n) is 6.15. The van der Waals surface area contributed by atoms with Gasteiger partial charge in [0, 0.05) is 30.0 Å². The van der Waals surface area contributed by atoms with Crippen LogP contribution in [0.5, 0.6) is 23.0 Å². The molecule has 0 saturated carbocycles. The summed E-state index contributed by atoms with van der Waals surface area (Å²) in [4.78, 5) is 13.8. The zero-order chi connectivity index (χ0) is 23.7. The largest absolute Gasteiger partial charge is 0.496 e. The molecule has 3 heterocycles. The Morgan fingerprint density at radius 2 is 1.85 bits per heavy atom. The number of nitrogens with zero attached hydrogens (tertiary/aromatic N) is 2. The van der Waals surface area contributed by atoms with E-state index in [0.717, 1.165) is 18.5 Å². The van der Waals surface area contributed by atoms with Crippen LogP contribution in [0.25, 0.3) is 0 Å². The van der Waals surface area contributed by atoms with E-state index < -0.39 is 5.92 Å². The highest BCUT2D eigenvalue weighted by atomic mass is 16.5. The van der Waals surface area contributed by atoms with Gasteiger partial charge in [0.15, 0.2) is 11.5 Å². The fourth-order valence-electron chi connectivity index (χ4n) is 4.49. The minimum absolute atomic E-state index is 0.0333.